The Morgan fingerprint density at radius 2 is 2.12 bits per heavy atom. The second kappa shape index (κ2) is 7.31. The Morgan fingerprint density at radius 3 is 2.81 bits per heavy atom. The first-order valence-corrected chi connectivity index (χ1v) is 6.49. The zero-order valence-corrected chi connectivity index (χ0v) is 10.9. The molecule has 0 saturated carbocycles. The Balaban J connectivity index is 2.32. The lowest BCUT2D eigenvalue weighted by molar-refractivity contribution is 0.582. The normalized spacial score (nSPS) is 11.0. The van der Waals surface area contributed by atoms with Crippen molar-refractivity contribution in [2.45, 2.75) is 53.0 Å². The van der Waals surface area contributed by atoms with Gasteiger partial charge in [0.15, 0.2) is 0 Å². The highest BCUT2D eigenvalue weighted by Crippen LogP contribution is 2.08. The lowest BCUT2D eigenvalue weighted by Crippen LogP contribution is -2.12. The lowest BCUT2D eigenvalue weighted by Gasteiger charge is -2.11. The van der Waals surface area contributed by atoms with Gasteiger partial charge in [0.1, 0.15) is 0 Å². The largest absolute Gasteiger partial charge is 0.355 e. The maximum atomic E-state index is 4.34. The fraction of sp³-hybridized carbons (Fsp3) is 0.769. The van der Waals surface area contributed by atoms with Gasteiger partial charge in [-0.15, -0.1) is 0 Å². The molecule has 1 aromatic rings. The third-order valence-electron chi connectivity index (χ3n) is 2.64. The van der Waals surface area contributed by atoms with E-state index in [1.54, 1.807) is 0 Å². The number of aromatic nitrogens is 2. The Kier molecular flexibility index (Phi) is 5.98. The van der Waals surface area contributed by atoms with Crippen molar-refractivity contribution < 1.29 is 0 Å². The summed E-state index contributed by atoms with van der Waals surface area (Å²) >= 11 is 0. The van der Waals surface area contributed by atoms with E-state index in [1.165, 1.54) is 25.7 Å². The molecule has 0 fully saturated rings. The highest BCUT2D eigenvalue weighted by atomic mass is 15.2. The molecule has 1 N–H and O–H groups in total. The van der Waals surface area contributed by atoms with E-state index >= 15 is 0 Å². The van der Waals surface area contributed by atoms with Crippen LogP contribution in [0.25, 0.3) is 0 Å². The van der Waals surface area contributed by atoms with Gasteiger partial charge in [0.2, 0.25) is 5.95 Å². The van der Waals surface area contributed by atoms with Crippen LogP contribution in [0.3, 0.4) is 0 Å². The van der Waals surface area contributed by atoms with Crippen LogP contribution in [0.1, 0.15) is 46.5 Å². The van der Waals surface area contributed by atoms with Crippen LogP contribution in [-0.4, -0.2) is 16.1 Å². The summed E-state index contributed by atoms with van der Waals surface area (Å²) in [7, 11) is 0. The van der Waals surface area contributed by atoms with Crippen molar-refractivity contribution in [3.8, 4) is 0 Å². The van der Waals surface area contributed by atoms with E-state index < -0.39 is 0 Å². The first kappa shape index (κ1) is 13.1. The minimum Gasteiger partial charge on any atom is -0.355 e. The van der Waals surface area contributed by atoms with E-state index in [9.17, 15) is 0 Å². The van der Waals surface area contributed by atoms with Crippen molar-refractivity contribution in [3.05, 3.63) is 12.4 Å². The predicted octanol–water partition coefficient (Wildman–Crippen LogP) is 3.53. The van der Waals surface area contributed by atoms with Crippen LogP contribution in [-0.2, 0) is 6.54 Å². The van der Waals surface area contributed by atoms with Gasteiger partial charge in [0.05, 0.1) is 0 Å². The lowest BCUT2D eigenvalue weighted by atomic mass is 10.2. The molecule has 92 valence electrons. The van der Waals surface area contributed by atoms with E-state index in [0.717, 1.165) is 19.0 Å². The Bertz CT molecular complexity index is 278. The molecule has 3 nitrogen and oxygen atoms in total. The third-order valence-corrected chi connectivity index (χ3v) is 2.64. The number of unbranched alkanes of at least 4 members (excludes halogenated alkanes) is 3. The number of nitrogens with zero attached hydrogens (tertiary/aromatic N) is 2. The molecule has 3 heteroatoms. The summed E-state index contributed by atoms with van der Waals surface area (Å²) in [6.45, 7) is 8.74. The maximum Gasteiger partial charge on any atom is 0.202 e. The van der Waals surface area contributed by atoms with Gasteiger partial charge in [0, 0.05) is 25.5 Å². The Hall–Kier alpha value is -0.990. The summed E-state index contributed by atoms with van der Waals surface area (Å²) in [6, 6.07) is 0. The topological polar surface area (TPSA) is 29.9 Å². The number of imidazole rings is 1. The zero-order valence-electron chi connectivity index (χ0n) is 10.9. The predicted molar refractivity (Wildman–Crippen MR) is 69.7 cm³/mol. The fourth-order valence-electron chi connectivity index (χ4n) is 1.66. The number of aryl methyl sites for hydroxylation is 1. The summed E-state index contributed by atoms with van der Waals surface area (Å²) in [5, 5.41) is 3.39. The van der Waals surface area contributed by atoms with Gasteiger partial charge in [-0.25, -0.2) is 4.98 Å². The Morgan fingerprint density at radius 1 is 1.31 bits per heavy atom. The minimum absolute atomic E-state index is 0.658. The van der Waals surface area contributed by atoms with Gasteiger partial charge in [-0.05, 0) is 12.3 Å². The molecule has 0 aliphatic rings. The van der Waals surface area contributed by atoms with Gasteiger partial charge >= 0.3 is 0 Å². The van der Waals surface area contributed by atoms with Crippen LogP contribution in [0.15, 0.2) is 12.4 Å². The number of hydrogen-bond acceptors (Lipinski definition) is 2. The van der Waals surface area contributed by atoms with E-state index in [1.807, 2.05) is 6.20 Å². The first-order valence-electron chi connectivity index (χ1n) is 6.49. The second-order valence-electron chi connectivity index (χ2n) is 4.78. The van der Waals surface area contributed by atoms with Crippen LogP contribution in [0.5, 0.6) is 0 Å². The number of rotatable bonds is 8. The van der Waals surface area contributed by atoms with Crippen molar-refractivity contribution in [2.24, 2.45) is 5.92 Å². The van der Waals surface area contributed by atoms with Crippen molar-refractivity contribution in [2.75, 3.05) is 11.9 Å². The van der Waals surface area contributed by atoms with E-state index in [0.29, 0.717) is 5.92 Å². The van der Waals surface area contributed by atoms with Gasteiger partial charge < -0.3 is 9.88 Å². The van der Waals surface area contributed by atoms with Crippen molar-refractivity contribution in [1.82, 2.24) is 9.55 Å². The van der Waals surface area contributed by atoms with Crippen molar-refractivity contribution in [1.29, 1.82) is 0 Å². The molecule has 0 bridgehead atoms. The van der Waals surface area contributed by atoms with Crippen LogP contribution < -0.4 is 5.32 Å². The van der Waals surface area contributed by atoms with Crippen LogP contribution >= 0.6 is 0 Å². The fourth-order valence-corrected chi connectivity index (χ4v) is 1.66. The van der Waals surface area contributed by atoms with Gasteiger partial charge in [0.25, 0.3) is 0 Å². The summed E-state index contributed by atoms with van der Waals surface area (Å²) in [4.78, 5) is 4.34. The number of hydrogen-bond donors (Lipinski definition) is 1. The number of anilines is 1. The van der Waals surface area contributed by atoms with Crippen LogP contribution in [0.2, 0.25) is 0 Å². The van der Waals surface area contributed by atoms with E-state index in [2.05, 4.69) is 41.8 Å². The summed E-state index contributed by atoms with van der Waals surface area (Å²) in [5.74, 6) is 1.68. The molecule has 16 heavy (non-hydrogen) atoms. The average Bonchev–Trinajstić information content (AvgIpc) is 2.69. The SMILES string of the molecule is CCCCCCn1ccnc1NCC(C)C. The van der Waals surface area contributed by atoms with Crippen molar-refractivity contribution in [3.63, 3.8) is 0 Å². The van der Waals surface area contributed by atoms with E-state index in [4.69, 9.17) is 0 Å². The molecular weight excluding hydrogens is 198 g/mol. The van der Waals surface area contributed by atoms with Gasteiger partial charge in [-0.3, -0.25) is 0 Å². The molecule has 1 rings (SSSR count). The molecule has 0 saturated heterocycles. The molecule has 0 radical (unpaired) electrons. The molecule has 1 aromatic heterocycles. The number of nitrogens with one attached hydrogen (secondary N) is 1. The smallest absolute Gasteiger partial charge is 0.202 e. The average molecular weight is 223 g/mol. The highest BCUT2D eigenvalue weighted by molar-refractivity contribution is 5.25. The highest BCUT2D eigenvalue weighted by Gasteiger charge is 2.02. The second-order valence-corrected chi connectivity index (χ2v) is 4.78. The summed E-state index contributed by atoms with van der Waals surface area (Å²) in [6.07, 6.45) is 9.14. The maximum absolute atomic E-state index is 4.34. The van der Waals surface area contributed by atoms with E-state index in [-0.39, 0.29) is 0 Å². The zero-order chi connectivity index (χ0) is 11.8. The molecule has 0 atom stereocenters. The molecule has 1 heterocycles. The Labute approximate surface area is 99.3 Å². The molecule has 0 aromatic carbocycles. The molecule has 0 aliphatic heterocycles. The quantitative estimate of drug-likeness (QED) is 0.683. The van der Waals surface area contributed by atoms with Crippen molar-refractivity contribution >= 4 is 5.95 Å². The standard InChI is InChI=1S/C13H25N3/c1-4-5-6-7-9-16-10-8-14-13(16)15-11-12(2)3/h8,10,12H,4-7,9,11H2,1-3H3,(H,14,15). The van der Waals surface area contributed by atoms with Crippen LogP contribution in [0, 0.1) is 5.92 Å². The first-order chi connectivity index (χ1) is 7.74. The molecule has 0 unspecified atom stereocenters. The van der Waals surface area contributed by atoms with Gasteiger partial charge in [-0.2, -0.15) is 0 Å². The summed E-state index contributed by atoms with van der Waals surface area (Å²) < 4.78 is 2.22. The molecular formula is C13H25N3. The molecule has 0 amide bonds. The summed E-state index contributed by atoms with van der Waals surface area (Å²) in [5.41, 5.74) is 0. The molecule has 0 aliphatic carbocycles. The minimum atomic E-state index is 0.658. The van der Waals surface area contributed by atoms with Gasteiger partial charge in [-0.1, -0.05) is 40.0 Å². The van der Waals surface area contributed by atoms with Crippen LogP contribution in [0.4, 0.5) is 5.95 Å². The molecule has 0 spiro atoms. The third kappa shape index (κ3) is 4.69. The monoisotopic (exact) mass is 223 g/mol.